The standard InChI is InChI=1S/C15H19N3O/c1-15(11-16,12-8-9-12)17-14(19)10-18(2)13-6-4-3-5-7-13/h3-7,12H,8-10H2,1-2H3,(H,17,19)/t15-/m0/s1. The van der Waals surface area contributed by atoms with Crippen LogP contribution in [0.1, 0.15) is 19.8 Å². The van der Waals surface area contributed by atoms with Gasteiger partial charge in [0.2, 0.25) is 5.91 Å². The molecule has 1 aromatic carbocycles. The topological polar surface area (TPSA) is 56.1 Å². The van der Waals surface area contributed by atoms with Gasteiger partial charge in [0.1, 0.15) is 5.54 Å². The van der Waals surface area contributed by atoms with E-state index in [1.54, 1.807) is 0 Å². The van der Waals surface area contributed by atoms with Crippen LogP contribution in [-0.4, -0.2) is 25.0 Å². The lowest BCUT2D eigenvalue weighted by molar-refractivity contribution is -0.121. The third-order valence-corrected chi connectivity index (χ3v) is 3.60. The number of nitrogens with zero attached hydrogens (tertiary/aromatic N) is 2. The number of carbonyl (C=O) groups is 1. The molecule has 1 N–H and O–H groups in total. The van der Waals surface area contributed by atoms with E-state index in [1.165, 1.54) is 0 Å². The smallest absolute Gasteiger partial charge is 0.240 e. The third kappa shape index (κ3) is 3.25. The highest BCUT2D eigenvalue weighted by atomic mass is 16.2. The number of likely N-dealkylation sites (N-methyl/N-ethyl adjacent to an activating group) is 1. The second-order valence-electron chi connectivity index (χ2n) is 5.33. The van der Waals surface area contributed by atoms with E-state index in [9.17, 15) is 10.1 Å². The van der Waals surface area contributed by atoms with Crippen LogP contribution < -0.4 is 10.2 Å². The molecule has 1 aliphatic rings. The van der Waals surface area contributed by atoms with Gasteiger partial charge >= 0.3 is 0 Å². The largest absolute Gasteiger partial charge is 0.365 e. The van der Waals surface area contributed by atoms with Crippen molar-refractivity contribution >= 4 is 11.6 Å². The summed E-state index contributed by atoms with van der Waals surface area (Å²) in [5, 5.41) is 12.1. The highest BCUT2D eigenvalue weighted by Gasteiger charge is 2.43. The number of carbonyl (C=O) groups excluding carboxylic acids is 1. The molecule has 1 atom stereocenters. The molecule has 1 aliphatic carbocycles. The zero-order chi connectivity index (χ0) is 13.9. The van der Waals surface area contributed by atoms with E-state index in [2.05, 4.69) is 11.4 Å². The van der Waals surface area contributed by atoms with E-state index in [0.29, 0.717) is 5.92 Å². The van der Waals surface area contributed by atoms with Crippen molar-refractivity contribution in [3.05, 3.63) is 30.3 Å². The fourth-order valence-electron chi connectivity index (χ4n) is 2.20. The molecule has 100 valence electrons. The van der Waals surface area contributed by atoms with Gasteiger partial charge in [-0.3, -0.25) is 4.79 Å². The number of amides is 1. The average Bonchev–Trinajstić information content (AvgIpc) is 3.24. The Morgan fingerprint density at radius 3 is 2.63 bits per heavy atom. The lowest BCUT2D eigenvalue weighted by Crippen LogP contribution is -2.49. The fourth-order valence-corrected chi connectivity index (χ4v) is 2.20. The fraction of sp³-hybridized carbons (Fsp3) is 0.467. The highest BCUT2D eigenvalue weighted by Crippen LogP contribution is 2.39. The molecule has 19 heavy (non-hydrogen) atoms. The van der Waals surface area contributed by atoms with E-state index in [-0.39, 0.29) is 12.5 Å². The Bertz CT molecular complexity index is 490. The maximum atomic E-state index is 12.0. The summed E-state index contributed by atoms with van der Waals surface area (Å²) in [5.41, 5.74) is 0.275. The Balaban J connectivity index is 1.93. The van der Waals surface area contributed by atoms with Crippen LogP contribution in [0.3, 0.4) is 0 Å². The first kappa shape index (κ1) is 13.4. The number of benzene rings is 1. The minimum atomic E-state index is -0.714. The van der Waals surface area contributed by atoms with Gasteiger partial charge in [-0.2, -0.15) is 5.26 Å². The summed E-state index contributed by atoms with van der Waals surface area (Å²) in [5.74, 6) is 0.200. The molecule has 2 rings (SSSR count). The maximum absolute atomic E-state index is 12.0. The molecule has 1 amide bonds. The van der Waals surface area contributed by atoms with E-state index >= 15 is 0 Å². The van der Waals surface area contributed by atoms with Crippen molar-refractivity contribution in [1.29, 1.82) is 5.26 Å². The van der Waals surface area contributed by atoms with Crippen molar-refractivity contribution in [1.82, 2.24) is 5.32 Å². The van der Waals surface area contributed by atoms with Crippen LogP contribution in [0.5, 0.6) is 0 Å². The Hall–Kier alpha value is -2.02. The molecule has 1 saturated carbocycles. The van der Waals surface area contributed by atoms with E-state index in [0.717, 1.165) is 18.5 Å². The van der Waals surface area contributed by atoms with Gasteiger partial charge in [0, 0.05) is 12.7 Å². The van der Waals surface area contributed by atoms with Crippen LogP contribution in [0.15, 0.2) is 30.3 Å². The first-order chi connectivity index (χ1) is 9.05. The monoisotopic (exact) mass is 257 g/mol. The summed E-state index contributed by atoms with van der Waals surface area (Å²) in [6.45, 7) is 2.07. The van der Waals surface area contributed by atoms with E-state index < -0.39 is 5.54 Å². The van der Waals surface area contributed by atoms with Gasteiger partial charge in [0.25, 0.3) is 0 Å². The van der Waals surface area contributed by atoms with Gasteiger partial charge in [-0.05, 0) is 37.8 Å². The van der Waals surface area contributed by atoms with Gasteiger partial charge in [0.15, 0.2) is 0 Å². The highest BCUT2D eigenvalue weighted by molar-refractivity contribution is 5.82. The minimum Gasteiger partial charge on any atom is -0.365 e. The van der Waals surface area contributed by atoms with Gasteiger partial charge < -0.3 is 10.2 Å². The lowest BCUT2D eigenvalue weighted by Gasteiger charge is -2.25. The zero-order valence-corrected chi connectivity index (χ0v) is 11.4. The van der Waals surface area contributed by atoms with Crippen LogP contribution in [0.2, 0.25) is 0 Å². The summed E-state index contributed by atoms with van der Waals surface area (Å²) in [7, 11) is 1.87. The molecule has 0 spiro atoms. The summed E-state index contributed by atoms with van der Waals surface area (Å²) in [4.78, 5) is 13.9. The molecular weight excluding hydrogens is 238 g/mol. The second kappa shape index (κ2) is 5.31. The molecule has 0 aliphatic heterocycles. The number of nitrogens with one attached hydrogen (secondary N) is 1. The zero-order valence-electron chi connectivity index (χ0n) is 11.4. The summed E-state index contributed by atoms with van der Waals surface area (Å²) < 4.78 is 0. The molecular formula is C15H19N3O. The number of para-hydroxylation sites is 1. The number of rotatable bonds is 5. The minimum absolute atomic E-state index is 0.109. The summed E-state index contributed by atoms with van der Waals surface area (Å²) >= 11 is 0. The molecule has 0 saturated heterocycles. The molecule has 0 radical (unpaired) electrons. The predicted octanol–water partition coefficient (Wildman–Crippen LogP) is 1.93. The van der Waals surface area contributed by atoms with E-state index in [4.69, 9.17) is 0 Å². The van der Waals surface area contributed by atoms with Crippen LogP contribution in [0.25, 0.3) is 0 Å². The van der Waals surface area contributed by atoms with Gasteiger partial charge in [-0.25, -0.2) is 0 Å². The Kier molecular flexibility index (Phi) is 3.75. The molecule has 0 aromatic heterocycles. The number of nitriles is 1. The number of anilines is 1. The molecule has 0 unspecified atom stereocenters. The SMILES string of the molecule is CN(CC(=O)N[C@@](C)(C#N)C1CC1)c1ccccc1. The molecule has 4 heteroatoms. The average molecular weight is 257 g/mol. The number of hydrogen-bond donors (Lipinski definition) is 1. The Morgan fingerprint density at radius 1 is 1.47 bits per heavy atom. The van der Waals surface area contributed by atoms with Crippen LogP contribution >= 0.6 is 0 Å². The molecule has 4 nitrogen and oxygen atoms in total. The number of hydrogen-bond acceptors (Lipinski definition) is 3. The quantitative estimate of drug-likeness (QED) is 0.877. The van der Waals surface area contributed by atoms with Crippen molar-refractivity contribution in [3.63, 3.8) is 0 Å². The van der Waals surface area contributed by atoms with Crippen LogP contribution in [0.4, 0.5) is 5.69 Å². The molecule has 0 heterocycles. The van der Waals surface area contributed by atoms with Crippen molar-refractivity contribution in [2.45, 2.75) is 25.3 Å². The molecule has 0 bridgehead atoms. The van der Waals surface area contributed by atoms with Crippen molar-refractivity contribution < 1.29 is 4.79 Å². The van der Waals surface area contributed by atoms with Crippen molar-refractivity contribution in [2.24, 2.45) is 5.92 Å². The Labute approximate surface area is 114 Å². The summed E-state index contributed by atoms with van der Waals surface area (Å²) in [6, 6.07) is 12.0. The Morgan fingerprint density at radius 2 is 2.11 bits per heavy atom. The first-order valence-corrected chi connectivity index (χ1v) is 6.53. The van der Waals surface area contributed by atoms with Gasteiger partial charge in [-0.15, -0.1) is 0 Å². The van der Waals surface area contributed by atoms with Crippen molar-refractivity contribution in [2.75, 3.05) is 18.5 Å². The predicted molar refractivity (Wildman–Crippen MR) is 74.6 cm³/mol. The van der Waals surface area contributed by atoms with Crippen molar-refractivity contribution in [3.8, 4) is 6.07 Å². The first-order valence-electron chi connectivity index (χ1n) is 6.53. The maximum Gasteiger partial charge on any atom is 0.240 e. The normalized spacial score (nSPS) is 17.1. The van der Waals surface area contributed by atoms with Crippen LogP contribution in [0, 0.1) is 17.2 Å². The van der Waals surface area contributed by atoms with Gasteiger partial charge in [-0.1, -0.05) is 18.2 Å². The van der Waals surface area contributed by atoms with E-state index in [1.807, 2.05) is 49.2 Å². The third-order valence-electron chi connectivity index (χ3n) is 3.60. The molecule has 1 aromatic rings. The van der Waals surface area contributed by atoms with Gasteiger partial charge in [0.05, 0.1) is 12.6 Å². The molecule has 1 fully saturated rings. The van der Waals surface area contributed by atoms with Crippen LogP contribution in [-0.2, 0) is 4.79 Å². The summed E-state index contributed by atoms with van der Waals surface area (Å²) in [6.07, 6.45) is 2.05. The second-order valence-corrected chi connectivity index (χ2v) is 5.33. The lowest BCUT2D eigenvalue weighted by atomic mass is 9.98.